The molecule has 0 saturated carbocycles. The fourth-order valence-corrected chi connectivity index (χ4v) is 1.05. The van der Waals surface area contributed by atoms with Gasteiger partial charge in [0.25, 0.3) is 0 Å². The lowest BCUT2D eigenvalue weighted by atomic mass is 10.1. The van der Waals surface area contributed by atoms with Crippen LogP contribution in [0, 0.1) is 0 Å². The molecular weight excluding hydrogens is 194 g/mol. The Bertz CT molecular complexity index is 376. The highest BCUT2D eigenvalue weighted by Gasteiger charge is 2.26. The van der Waals surface area contributed by atoms with Crippen molar-refractivity contribution in [3.63, 3.8) is 0 Å². The van der Waals surface area contributed by atoms with Gasteiger partial charge in [-0.15, -0.1) is 0 Å². The molecule has 1 saturated heterocycles. The summed E-state index contributed by atoms with van der Waals surface area (Å²) in [5.41, 5.74) is -0.757. The van der Waals surface area contributed by atoms with Gasteiger partial charge in [0.05, 0.1) is 7.45 Å². The summed E-state index contributed by atoms with van der Waals surface area (Å²) in [6.07, 6.45) is -7.90. The summed E-state index contributed by atoms with van der Waals surface area (Å²) in [4.78, 5) is 12.9. The van der Waals surface area contributed by atoms with Crippen molar-refractivity contribution in [1.82, 2.24) is 4.90 Å². The van der Waals surface area contributed by atoms with Gasteiger partial charge in [-0.25, -0.2) is 4.79 Å². The number of amides is 1. The number of carbonyl (C=O) groups is 1. The number of rotatable bonds is 1. The maximum atomic E-state index is 12.0. The molecule has 4 heteroatoms. The van der Waals surface area contributed by atoms with E-state index in [2.05, 4.69) is 0 Å². The van der Waals surface area contributed by atoms with Crippen LogP contribution in [0.5, 0.6) is 0 Å². The van der Waals surface area contributed by atoms with E-state index < -0.39 is 43.6 Å². The van der Waals surface area contributed by atoms with E-state index in [1.807, 2.05) is 0 Å². The first-order valence-corrected chi connectivity index (χ1v) is 4.79. The Morgan fingerprint density at radius 2 is 2.00 bits per heavy atom. The van der Waals surface area contributed by atoms with E-state index in [-0.39, 0.29) is 0 Å². The normalized spacial score (nSPS) is 32.8. The molecule has 88 valence electrons. The predicted octanol–water partition coefficient (Wildman–Crippen LogP) is 2.03. The van der Waals surface area contributed by atoms with Gasteiger partial charge in [0.2, 0.25) is 0 Å². The number of likely N-dealkylation sites (tertiary alicyclic amines) is 1. The fraction of sp³-hybridized carbons (Fsp3) is 0.909. The first-order valence-electron chi connectivity index (χ1n) is 7.29. The van der Waals surface area contributed by atoms with Gasteiger partial charge in [-0.2, -0.15) is 0 Å². The van der Waals surface area contributed by atoms with Crippen LogP contribution in [-0.2, 0) is 9.47 Å². The summed E-state index contributed by atoms with van der Waals surface area (Å²) in [5.74, 6) is 0. The van der Waals surface area contributed by atoms with Crippen molar-refractivity contribution in [2.24, 2.45) is 0 Å². The van der Waals surface area contributed by atoms with Crippen LogP contribution in [0.1, 0.15) is 40.4 Å². The van der Waals surface area contributed by atoms with Gasteiger partial charge in [0.15, 0.2) is 0 Å². The molecule has 0 N–H and O–H groups in total. The van der Waals surface area contributed by atoms with Crippen LogP contribution in [0.4, 0.5) is 4.79 Å². The Hall–Kier alpha value is -0.770. The van der Waals surface area contributed by atoms with E-state index in [1.54, 1.807) is 20.8 Å². The largest absolute Gasteiger partial charge is 0.444 e. The van der Waals surface area contributed by atoms with Crippen molar-refractivity contribution in [2.45, 2.75) is 45.2 Å². The molecule has 0 aromatic rings. The fourth-order valence-electron chi connectivity index (χ4n) is 1.05. The second kappa shape index (κ2) is 4.84. The smallest absolute Gasteiger partial charge is 0.410 e. The average Bonchev–Trinajstić information content (AvgIpc) is 2.21. The third-order valence-electron chi connectivity index (χ3n) is 1.72. The van der Waals surface area contributed by atoms with Gasteiger partial charge >= 0.3 is 6.09 Å². The minimum absolute atomic E-state index is 0.460. The summed E-state index contributed by atoms with van der Waals surface area (Å²) in [6, 6.07) is 0. The van der Waals surface area contributed by atoms with Gasteiger partial charge in [0.1, 0.15) is 5.60 Å². The third kappa shape index (κ3) is 4.08. The van der Waals surface area contributed by atoms with Crippen molar-refractivity contribution in [2.75, 3.05) is 20.2 Å². The summed E-state index contributed by atoms with van der Waals surface area (Å²) in [6.45, 7) is 4.09. The molecule has 0 unspecified atom stereocenters. The van der Waals surface area contributed by atoms with Crippen LogP contribution in [0.2, 0.25) is 0 Å². The Balaban J connectivity index is 3.01. The Morgan fingerprint density at radius 3 is 2.40 bits per heavy atom. The molecule has 1 rings (SSSR count). The third-order valence-corrected chi connectivity index (χ3v) is 1.72. The zero-order valence-corrected chi connectivity index (χ0v) is 9.59. The van der Waals surface area contributed by atoms with Gasteiger partial charge < -0.3 is 14.4 Å². The van der Waals surface area contributed by atoms with Crippen molar-refractivity contribution in [3.8, 4) is 0 Å². The highest BCUT2D eigenvalue weighted by atomic mass is 16.6. The molecule has 0 bridgehead atoms. The highest BCUT2D eigenvalue weighted by Crippen LogP contribution is 2.16. The lowest BCUT2D eigenvalue weighted by molar-refractivity contribution is 0.00173. The van der Waals surface area contributed by atoms with Gasteiger partial charge in [0, 0.05) is 25.7 Å². The monoisotopic (exact) mass is 220 g/mol. The number of hydrogen-bond acceptors (Lipinski definition) is 3. The molecule has 15 heavy (non-hydrogen) atoms. The molecule has 0 radical (unpaired) electrons. The number of carbonyl (C=O) groups excluding carboxylic acids is 1. The maximum absolute atomic E-state index is 12.0. The highest BCUT2D eigenvalue weighted by molar-refractivity contribution is 5.68. The first kappa shape index (κ1) is 6.74. The zero-order chi connectivity index (χ0) is 16.0. The van der Waals surface area contributed by atoms with Crippen molar-refractivity contribution in [1.29, 1.82) is 0 Å². The second-order valence-corrected chi connectivity index (χ2v) is 4.22. The molecule has 0 aromatic carbocycles. The number of piperidine rings is 1. The molecule has 1 aliphatic rings. The van der Waals surface area contributed by atoms with E-state index in [1.165, 1.54) is 0 Å². The molecule has 0 aliphatic carbocycles. The van der Waals surface area contributed by atoms with Gasteiger partial charge in [-0.3, -0.25) is 0 Å². The van der Waals surface area contributed by atoms with Gasteiger partial charge in [-0.05, 0) is 33.5 Å². The molecule has 0 spiro atoms. The summed E-state index contributed by atoms with van der Waals surface area (Å²) >= 11 is 0. The Kier molecular flexibility index (Phi) is 2.17. The minimum Gasteiger partial charge on any atom is -0.444 e. The Labute approximate surface area is 98.6 Å². The van der Waals surface area contributed by atoms with Gasteiger partial charge in [-0.1, -0.05) is 0 Å². The standard InChI is InChI=1S/C11H21NO3/c1-11(2,3)15-10(13)12-7-5-9(14-4)6-8-12/h9H,5-8H2,1-4H3/i5D2,6D2,9D. The maximum Gasteiger partial charge on any atom is 0.410 e. The van der Waals surface area contributed by atoms with E-state index >= 15 is 0 Å². The van der Waals surface area contributed by atoms with Crippen molar-refractivity contribution in [3.05, 3.63) is 0 Å². The Morgan fingerprint density at radius 1 is 1.47 bits per heavy atom. The average molecular weight is 220 g/mol. The van der Waals surface area contributed by atoms with Crippen molar-refractivity contribution < 1.29 is 21.1 Å². The number of ether oxygens (including phenoxy) is 2. The van der Waals surface area contributed by atoms with Crippen molar-refractivity contribution >= 4 is 6.09 Å². The van der Waals surface area contributed by atoms with Crippen LogP contribution >= 0.6 is 0 Å². The topological polar surface area (TPSA) is 38.8 Å². The van der Waals surface area contributed by atoms with E-state index in [0.29, 0.717) is 0 Å². The predicted molar refractivity (Wildman–Crippen MR) is 57.8 cm³/mol. The number of hydrogen-bond donors (Lipinski definition) is 0. The lowest BCUT2D eigenvalue weighted by Gasteiger charge is -2.32. The summed E-state index contributed by atoms with van der Waals surface area (Å²) in [5, 5.41) is 0. The number of methoxy groups -OCH3 is 1. The quantitative estimate of drug-likeness (QED) is 0.678. The second-order valence-electron chi connectivity index (χ2n) is 4.22. The summed E-state index contributed by atoms with van der Waals surface area (Å²) < 4.78 is 49.2. The van der Waals surface area contributed by atoms with E-state index in [9.17, 15) is 4.79 Å². The van der Waals surface area contributed by atoms with E-state index in [4.69, 9.17) is 16.3 Å². The molecule has 0 atom stereocenters. The van der Waals surface area contributed by atoms with Crippen LogP contribution < -0.4 is 0 Å². The lowest BCUT2D eigenvalue weighted by Crippen LogP contribution is -2.43. The molecule has 0 aromatic heterocycles. The molecule has 1 aliphatic heterocycles. The molecular formula is C11H21NO3. The first-order chi connectivity index (χ1) is 8.76. The van der Waals surface area contributed by atoms with E-state index in [0.717, 1.165) is 12.0 Å². The minimum atomic E-state index is -2.38. The summed E-state index contributed by atoms with van der Waals surface area (Å²) in [7, 11) is 1.09. The van der Waals surface area contributed by atoms with Crippen LogP contribution in [0.3, 0.4) is 0 Å². The molecule has 1 amide bonds. The van der Waals surface area contributed by atoms with Crippen LogP contribution in [0.15, 0.2) is 0 Å². The zero-order valence-electron chi connectivity index (χ0n) is 14.6. The molecule has 1 heterocycles. The SMILES string of the molecule is [2H]C1([2H])CN(C(=O)OC(C)(C)C)CC([2H])([2H])C1([2H])OC. The molecule has 4 nitrogen and oxygen atoms in total. The number of nitrogens with zero attached hydrogens (tertiary/aromatic N) is 1. The van der Waals surface area contributed by atoms with Crippen LogP contribution in [-0.4, -0.2) is 42.9 Å². The van der Waals surface area contributed by atoms with Crippen LogP contribution in [0.25, 0.3) is 0 Å². The molecule has 1 fully saturated rings.